The van der Waals surface area contributed by atoms with Crippen LogP contribution in [-0.2, 0) is 18.0 Å². The molecule has 0 saturated carbocycles. The third-order valence-electron chi connectivity index (χ3n) is 3.17. The summed E-state index contributed by atoms with van der Waals surface area (Å²) in [7, 11) is 0. The van der Waals surface area contributed by atoms with Gasteiger partial charge in [-0.3, -0.25) is 0 Å². The third kappa shape index (κ3) is 2.07. The van der Waals surface area contributed by atoms with E-state index in [9.17, 15) is 0 Å². The molecule has 88 valence electrons. The van der Waals surface area contributed by atoms with Crippen molar-refractivity contribution in [3.8, 4) is 0 Å². The largest absolute Gasteiger partial charge is 0.372 e. The molecule has 0 bridgehead atoms. The number of hydrogen-bond acceptors (Lipinski definition) is 2. The first-order chi connectivity index (χ1) is 8.25. The molecule has 0 N–H and O–H groups in total. The van der Waals surface area contributed by atoms with Crippen LogP contribution in [0.5, 0.6) is 0 Å². The lowest BCUT2D eigenvalue weighted by atomic mass is 10.0. The van der Waals surface area contributed by atoms with Gasteiger partial charge >= 0.3 is 0 Å². The molecular weight excluding hydrogens is 296 g/mol. The summed E-state index contributed by atoms with van der Waals surface area (Å²) in [6.07, 6.45) is 0. The van der Waals surface area contributed by atoms with Crippen molar-refractivity contribution in [2.24, 2.45) is 0 Å². The SMILES string of the molecule is Cc1ccsc1C(Br)c1ccc2c(c1)COC2. The lowest BCUT2D eigenvalue weighted by Crippen LogP contribution is -1.94. The maximum atomic E-state index is 5.45. The molecule has 0 amide bonds. The van der Waals surface area contributed by atoms with Crippen LogP contribution in [0.2, 0.25) is 0 Å². The second-order valence-electron chi connectivity index (χ2n) is 4.35. The lowest BCUT2D eigenvalue weighted by Gasteiger charge is -2.11. The molecule has 3 heteroatoms. The number of hydrogen-bond donors (Lipinski definition) is 0. The zero-order valence-electron chi connectivity index (χ0n) is 9.57. The highest BCUT2D eigenvalue weighted by molar-refractivity contribution is 9.09. The first-order valence-corrected chi connectivity index (χ1v) is 7.43. The average molecular weight is 309 g/mol. The van der Waals surface area contributed by atoms with Crippen molar-refractivity contribution in [1.29, 1.82) is 0 Å². The molecule has 1 aromatic carbocycles. The zero-order valence-corrected chi connectivity index (χ0v) is 12.0. The highest BCUT2D eigenvalue weighted by atomic mass is 79.9. The van der Waals surface area contributed by atoms with Crippen molar-refractivity contribution in [2.75, 3.05) is 0 Å². The topological polar surface area (TPSA) is 9.23 Å². The molecular formula is C14H13BrOS. The van der Waals surface area contributed by atoms with Gasteiger partial charge < -0.3 is 4.74 Å². The second-order valence-corrected chi connectivity index (χ2v) is 6.21. The van der Waals surface area contributed by atoms with E-state index in [0.717, 1.165) is 13.2 Å². The molecule has 0 spiro atoms. The van der Waals surface area contributed by atoms with Gasteiger partial charge in [-0.15, -0.1) is 11.3 Å². The normalized spacial score (nSPS) is 15.9. The van der Waals surface area contributed by atoms with E-state index in [2.05, 4.69) is 52.5 Å². The number of halogens is 1. The molecule has 1 atom stereocenters. The van der Waals surface area contributed by atoms with Crippen LogP contribution in [0.3, 0.4) is 0 Å². The molecule has 2 aromatic rings. The number of benzene rings is 1. The average Bonchev–Trinajstić information content (AvgIpc) is 2.95. The van der Waals surface area contributed by atoms with Crippen LogP contribution in [-0.4, -0.2) is 0 Å². The zero-order chi connectivity index (χ0) is 11.8. The summed E-state index contributed by atoms with van der Waals surface area (Å²) < 4.78 is 5.45. The fourth-order valence-electron chi connectivity index (χ4n) is 2.15. The van der Waals surface area contributed by atoms with Gasteiger partial charge in [-0.2, -0.15) is 0 Å². The highest BCUT2D eigenvalue weighted by Crippen LogP contribution is 2.37. The molecule has 2 heterocycles. The van der Waals surface area contributed by atoms with Gasteiger partial charge in [-0.05, 0) is 40.6 Å². The maximum Gasteiger partial charge on any atom is 0.0740 e. The Morgan fingerprint density at radius 1 is 1.24 bits per heavy atom. The Balaban J connectivity index is 1.97. The van der Waals surface area contributed by atoms with Crippen molar-refractivity contribution in [3.05, 3.63) is 56.8 Å². The van der Waals surface area contributed by atoms with E-state index < -0.39 is 0 Å². The monoisotopic (exact) mass is 308 g/mol. The molecule has 3 rings (SSSR count). The summed E-state index contributed by atoms with van der Waals surface area (Å²) >= 11 is 5.61. The molecule has 0 aliphatic carbocycles. The number of ether oxygens (including phenoxy) is 1. The summed E-state index contributed by atoms with van der Waals surface area (Å²) in [6.45, 7) is 3.68. The van der Waals surface area contributed by atoms with Crippen molar-refractivity contribution in [1.82, 2.24) is 0 Å². The number of aryl methyl sites for hydroxylation is 1. The Hall–Kier alpha value is -0.640. The summed E-state index contributed by atoms with van der Waals surface area (Å²) in [5.74, 6) is 0. The molecule has 0 fully saturated rings. The minimum atomic E-state index is 0.299. The van der Waals surface area contributed by atoms with E-state index in [0.29, 0.717) is 4.83 Å². The van der Waals surface area contributed by atoms with Gasteiger partial charge in [0.2, 0.25) is 0 Å². The second kappa shape index (κ2) is 4.56. The Morgan fingerprint density at radius 3 is 2.82 bits per heavy atom. The van der Waals surface area contributed by atoms with E-state index in [4.69, 9.17) is 4.74 Å². The predicted molar refractivity (Wildman–Crippen MR) is 74.8 cm³/mol. The Labute approximate surface area is 114 Å². The van der Waals surface area contributed by atoms with E-state index in [1.807, 2.05) is 11.3 Å². The van der Waals surface area contributed by atoms with Crippen molar-refractivity contribution < 1.29 is 4.74 Å². The number of thiophene rings is 1. The number of alkyl halides is 1. The molecule has 17 heavy (non-hydrogen) atoms. The summed E-state index contributed by atoms with van der Waals surface area (Å²) in [6, 6.07) is 8.83. The first kappa shape index (κ1) is 11.5. The number of rotatable bonds is 2. The van der Waals surface area contributed by atoms with Gasteiger partial charge in [0.25, 0.3) is 0 Å². The number of fused-ring (bicyclic) bond motifs is 1. The van der Waals surface area contributed by atoms with Gasteiger partial charge in [0.15, 0.2) is 0 Å². The van der Waals surface area contributed by atoms with Crippen molar-refractivity contribution in [2.45, 2.75) is 25.0 Å². The van der Waals surface area contributed by atoms with E-state index in [1.165, 1.54) is 27.1 Å². The molecule has 0 saturated heterocycles. The van der Waals surface area contributed by atoms with Crippen LogP contribution in [0.1, 0.15) is 32.0 Å². The van der Waals surface area contributed by atoms with Gasteiger partial charge in [-0.25, -0.2) is 0 Å². The molecule has 1 aromatic heterocycles. The van der Waals surface area contributed by atoms with E-state index in [-0.39, 0.29) is 0 Å². The van der Waals surface area contributed by atoms with Crippen LogP contribution in [0, 0.1) is 6.92 Å². The minimum absolute atomic E-state index is 0.299. The minimum Gasteiger partial charge on any atom is -0.372 e. The quantitative estimate of drug-likeness (QED) is 0.738. The summed E-state index contributed by atoms with van der Waals surface area (Å²) in [5.41, 5.74) is 5.34. The van der Waals surface area contributed by atoms with Gasteiger partial charge in [-0.1, -0.05) is 34.1 Å². The van der Waals surface area contributed by atoms with E-state index in [1.54, 1.807) is 0 Å². The maximum absolute atomic E-state index is 5.45. The third-order valence-corrected chi connectivity index (χ3v) is 5.54. The van der Waals surface area contributed by atoms with Gasteiger partial charge in [0, 0.05) is 4.88 Å². The molecule has 1 aliphatic rings. The van der Waals surface area contributed by atoms with Crippen LogP contribution < -0.4 is 0 Å². The Bertz CT molecular complexity index is 547. The van der Waals surface area contributed by atoms with E-state index >= 15 is 0 Å². The van der Waals surface area contributed by atoms with Gasteiger partial charge in [0.1, 0.15) is 0 Å². The Morgan fingerprint density at radius 2 is 2.06 bits per heavy atom. The molecule has 1 aliphatic heterocycles. The fourth-order valence-corrected chi connectivity index (χ4v) is 4.04. The Kier molecular flexibility index (Phi) is 3.07. The van der Waals surface area contributed by atoms with Crippen LogP contribution in [0.15, 0.2) is 29.6 Å². The van der Waals surface area contributed by atoms with Crippen LogP contribution in [0.25, 0.3) is 0 Å². The molecule has 0 radical (unpaired) electrons. The van der Waals surface area contributed by atoms with Crippen molar-refractivity contribution >= 4 is 27.3 Å². The molecule has 1 unspecified atom stereocenters. The van der Waals surface area contributed by atoms with Crippen LogP contribution in [0.4, 0.5) is 0 Å². The van der Waals surface area contributed by atoms with Crippen molar-refractivity contribution in [3.63, 3.8) is 0 Å². The summed E-state index contributed by atoms with van der Waals surface area (Å²) in [4.78, 5) is 1.69. The predicted octanol–water partition coefficient (Wildman–Crippen LogP) is 4.57. The molecule has 1 nitrogen and oxygen atoms in total. The first-order valence-electron chi connectivity index (χ1n) is 5.63. The lowest BCUT2D eigenvalue weighted by molar-refractivity contribution is 0.134. The van der Waals surface area contributed by atoms with Gasteiger partial charge in [0.05, 0.1) is 18.0 Å². The smallest absolute Gasteiger partial charge is 0.0740 e. The fraction of sp³-hybridized carbons (Fsp3) is 0.286. The standard InChI is InChI=1S/C14H13BrOS/c1-9-4-5-17-14(9)13(15)10-2-3-11-7-16-8-12(11)6-10/h2-6,13H,7-8H2,1H3. The highest BCUT2D eigenvalue weighted by Gasteiger charge is 2.17. The summed E-state index contributed by atoms with van der Waals surface area (Å²) in [5, 5.41) is 2.15. The van der Waals surface area contributed by atoms with Crippen LogP contribution >= 0.6 is 27.3 Å².